The lowest BCUT2D eigenvalue weighted by molar-refractivity contribution is -0.121. The Kier molecular flexibility index (Phi) is 3.98. The summed E-state index contributed by atoms with van der Waals surface area (Å²) in [5.74, 6) is 0.564. The Hall–Kier alpha value is -2.15. The van der Waals surface area contributed by atoms with Crippen LogP contribution in [-0.4, -0.2) is 24.6 Å². The molecule has 1 aromatic heterocycles. The van der Waals surface area contributed by atoms with Crippen LogP contribution in [0.1, 0.15) is 5.69 Å². The van der Waals surface area contributed by atoms with Crippen LogP contribution < -0.4 is 14.4 Å². The van der Waals surface area contributed by atoms with Crippen LogP contribution in [0.25, 0.3) is 0 Å². The van der Waals surface area contributed by atoms with E-state index in [0.29, 0.717) is 22.9 Å². The number of halogens is 2. The molecule has 1 aromatic carbocycles. The third-order valence-corrected chi connectivity index (χ3v) is 3.90. The molecule has 1 aliphatic rings. The number of carbonyl (C=O) groups excluding carboxylic acids is 1. The number of pyridine rings is 1. The molecule has 1 aliphatic heterocycles. The first-order chi connectivity index (χ1) is 10.6. The molecule has 2 heterocycles. The molecule has 0 aliphatic carbocycles. The van der Waals surface area contributed by atoms with E-state index in [0.717, 1.165) is 10.7 Å². The zero-order valence-electron chi connectivity index (χ0n) is 11.7. The summed E-state index contributed by atoms with van der Waals surface area (Å²) < 4.78 is 24.4. The van der Waals surface area contributed by atoms with Crippen molar-refractivity contribution in [3.63, 3.8) is 0 Å². The Balaban J connectivity index is 1.98. The largest absolute Gasteiger partial charge is 0.495 e. The fraction of sp³-hybridized carbons (Fsp3) is 0.200. The number of benzene rings is 1. The van der Waals surface area contributed by atoms with Crippen molar-refractivity contribution in [1.82, 2.24) is 4.98 Å². The Bertz CT molecular complexity index is 721. The Morgan fingerprint density at radius 1 is 1.45 bits per heavy atom. The molecule has 0 unspecified atom stereocenters. The monoisotopic (exact) mass is 366 g/mol. The number of amides is 1. The smallest absolute Gasteiger partial charge is 0.265 e. The van der Waals surface area contributed by atoms with Crippen molar-refractivity contribution in [2.75, 3.05) is 18.6 Å². The number of ether oxygens (including phenoxy) is 2. The molecule has 0 spiro atoms. The van der Waals surface area contributed by atoms with Crippen LogP contribution in [0.15, 0.2) is 34.9 Å². The number of aromatic nitrogens is 1. The Morgan fingerprint density at radius 3 is 2.95 bits per heavy atom. The number of carbonyl (C=O) groups is 1. The lowest BCUT2D eigenvalue weighted by atomic mass is 10.2. The van der Waals surface area contributed by atoms with Gasteiger partial charge in [-0.15, -0.1) is 0 Å². The van der Waals surface area contributed by atoms with Crippen LogP contribution in [-0.2, 0) is 11.3 Å². The highest BCUT2D eigenvalue weighted by Gasteiger charge is 2.27. The number of fused-ring (bicyclic) bond motifs is 1. The van der Waals surface area contributed by atoms with Gasteiger partial charge in [-0.05, 0) is 28.1 Å². The van der Waals surface area contributed by atoms with Crippen LogP contribution in [0, 0.1) is 5.82 Å². The molecule has 3 rings (SSSR count). The fourth-order valence-electron chi connectivity index (χ4n) is 2.19. The molecule has 0 bridgehead atoms. The Morgan fingerprint density at radius 2 is 2.27 bits per heavy atom. The van der Waals surface area contributed by atoms with Crippen molar-refractivity contribution in [2.24, 2.45) is 0 Å². The highest BCUT2D eigenvalue weighted by molar-refractivity contribution is 9.10. The van der Waals surface area contributed by atoms with Crippen LogP contribution in [0.5, 0.6) is 11.5 Å². The summed E-state index contributed by atoms with van der Waals surface area (Å²) in [6.45, 7) is 0.188. The van der Waals surface area contributed by atoms with Crippen LogP contribution in [0.4, 0.5) is 10.1 Å². The number of hydrogen-bond donors (Lipinski definition) is 0. The van der Waals surface area contributed by atoms with E-state index in [9.17, 15) is 9.18 Å². The predicted molar refractivity (Wildman–Crippen MR) is 81.6 cm³/mol. The van der Waals surface area contributed by atoms with Gasteiger partial charge in [-0.2, -0.15) is 0 Å². The molecule has 22 heavy (non-hydrogen) atoms. The van der Waals surface area contributed by atoms with E-state index in [-0.39, 0.29) is 19.1 Å². The third kappa shape index (κ3) is 2.76. The van der Waals surface area contributed by atoms with Crippen molar-refractivity contribution in [2.45, 2.75) is 6.54 Å². The summed E-state index contributed by atoms with van der Waals surface area (Å²) in [7, 11) is 1.55. The third-order valence-electron chi connectivity index (χ3n) is 3.29. The summed E-state index contributed by atoms with van der Waals surface area (Å²) in [6, 6.07) is 6.34. The molecule has 0 atom stereocenters. The van der Waals surface area contributed by atoms with Gasteiger partial charge in [0.25, 0.3) is 5.91 Å². The summed E-state index contributed by atoms with van der Waals surface area (Å²) in [6.07, 6.45) is 1.13. The maximum Gasteiger partial charge on any atom is 0.265 e. The van der Waals surface area contributed by atoms with Gasteiger partial charge in [-0.25, -0.2) is 4.39 Å². The van der Waals surface area contributed by atoms with Gasteiger partial charge in [0.2, 0.25) is 0 Å². The van der Waals surface area contributed by atoms with E-state index in [1.54, 1.807) is 30.2 Å². The van der Waals surface area contributed by atoms with Crippen molar-refractivity contribution in [1.29, 1.82) is 0 Å². The predicted octanol–water partition coefficient (Wildman–Crippen LogP) is 2.92. The lowest BCUT2D eigenvalue weighted by Gasteiger charge is -2.29. The first kappa shape index (κ1) is 14.8. The second-order valence-electron chi connectivity index (χ2n) is 4.69. The molecule has 5 nitrogen and oxygen atoms in total. The molecular weight excluding hydrogens is 355 g/mol. The average molecular weight is 367 g/mol. The summed E-state index contributed by atoms with van der Waals surface area (Å²) >= 11 is 3.38. The standard InChI is InChI=1S/C15H12BrFN2O3/c1-21-13-5-12-14(4-11(13)16)22-8-15(20)19(12)7-10-3-2-9(17)6-18-10/h2-6H,7-8H2,1H3. The van der Waals surface area contributed by atoms with Gasteiger partial charge in [-0.1, -0.05) is 0 Å². The fourth-order valence-corrected chi connectivity index (χ4v) is 2.68. The van der Waals surface area contributed by atoms with E-state index in [2.05, 4.69) is 20.9 Å². The van der Waals surface area contributed by atoms with Crippen molar-refractivity contribution in [3.8, 4) is 11.5 Å². The van der Waals surface area contributed by atoms with Gasteiger partial charge in [0, 0.05) is 12.1 Å². The number of rotatable bonds is 3. The van der Waals surface area contributed by atoms with E-state index in [1.807, 2.05) is 0 Å². The molecule has 2 aromatic rings. The Labute approximate surface area is 134 Å². The first-order valence-corrected chi connectivity index (χ1v) is 7.29. The van der Waals surface area contributed by atoms with Crippen molar-refractivity contribution >= 4 is 27.5 Å². The normalized spacial score (nSPS) is 13.6. The number of nitrogens with zero attached hydrogens (tertiary/aromatic N) is 2. The summed E-state index contributed by atoms with van der Waals surface area (Å²) in [4.78, 5) is 17.7. The summed E-state index contributed by atoms with van der Waals surface area (Å²) in [5.41, 5.74) is 1.19. The van der Waals surface area contributed by atoms with Gasteiger partial charge >= 0.3 is 0 Å². The minimum absolute atomic E-state index is 0.0486. The molecule has 0 saturated heterocycles. The SMILES string of the molecule is COc1cc2c(cc1Br)OCC(=O)N2Cc1ccc(F)cn1. The molecule has 7 heteroatoms. The molecule has 1 amide bonds. The van der Waals surface area contributed by atoms with E-state index < -0.39 is 5.82 Å². The number of hydrogen-bond acceptors (Lipinski definition) is 4. The highest BCUT2D eigenvalue weighted by Crippen LogP contribution is 2.40. The van der Waals surface area contributed by atoms with Gasteiger partial charge in [-0.3, -0.25) is 14.7 Å². The van der Waals surface area contributed by atoms with Gasteiger partial charge in [0.15, 0.2) is 6.61 Å². The zero-order chi connectivity index (χ0) is 15.7. The number of methoxy groups -OCH3 is 1. The van der Waals surface area contributed by atoms with Crippen molar-refractivity contribution < 1.29 is 18.7 Å². The first-order valence-electron chi connectivity index (χ1n) is 6.49. The second-order valence-corrected chi connectivity index (χ2v) is 5.55. The topological polar surface area (TPSA) is 51.7 Å². The molecule has 0 saturated carbocycles. The van der Waals surface area contributed by atoms with E-state index in [1.165, 1.54) is 6.07 Å². The van der Waals surface area contributed by atoms with E-state index >= 15 is 0 Å². The molecule has 0 fully saturated rings. The van der Waals surface area contributed by atoms with Crippen LogP contribution in [0.2, 0.25) is 0 Å². The maximum absolute atomic E-state index is 12.9. The minimum Gasteiger partial charge on any atom is -0.495 e. The maximum atomic E-state index is 12.9. The lowest BCUT2D eigenvalue weighted by Crippen LogP contribution is -2.38. The molecule has 0 N–H and O–H groups in total. The average Bonchev–Trinajstić information content (AvgIpc) is 2.52. The molecule has 114 valence electrons. The van der Waals surface area contributed by atoms with E-state index in [4.69, 9.17) is 9.47 Å². The van der Waals surface area contributed by atoms with Crippen LogP contribution >= 0.6 is 15.9 Å². The van der Waals surface area contributed by atoms with Gasteiger partial charge < -0.3 is 9.47 Å². The molecular formula is C15H12BrFN2O3. The quantitative estimate of drug-likeness (QED) is 0.837. The molecule has 0 radical (unpaired) electrons. The van der Waals surface area contributed by atoms with Gasteiger partial charge in [0.1, 0.15) is 17.3 Å². The van der Waals surface area contributed by atoms with Crippen LogP contribution in [0.3, 0.4) is 0 Å². The van der Waals surface area contributed by atoms with Gasteiger partial charge in [0.05, 0.1) is 35.7 Å². The number of anilines is 1. The second kappa shape index (κ2) is 5.92. The van der Waals surface area contributed by atoms with Crippen molar-refractivity contribution in [3.05, 3.63) is 46.4 Å². The highest BCUT2D eigenvalue weighted by atomic mass is 79.9. The zero-order valence-corrected chi connectivity index (χ0v) is 13.3. The summed E-state index contributed by atoms with van der Waals surface area (Å²) in [5, 5.41) is 0. The minimum atomic E-state index is -0.414.